The van der Waals surface area contributed by atoms with Crippen molar-refractivity contribution in [2.24, 2.45) is 0 Å². The Morgan fingerprint density at radius 2 is 0.436 bits per heavy atom. The topological polar surface area (TPSA) is 46.5 Å². The van der Waals surface area contributed by atoms with Crippen molar-refractivity contribution in [2.75, 3.05) is 13.2 Å². The van der Waals surface area contributed by atoms with Crippen molar-refractivity contribution >= 4 is 5.97 Å². The van der Waals surface area contributed by atoms with Crippen LogP contribution in [0, 0.1) is 0 Å². The van der Waals surface area contributed by atoms with Crippen LogP contribution >= 0.6 is 0 Å². The minimum absolute atomic E-state index is 0.345. The highest BCUT2D eigenvalue weighted by Crippen LogP contribution is 2.16. The number of aliphatic carboxylic acids is 1. The van der Waals surface area contributed by atoms with Gasteiger partial charge in [-0.1, -0.05) is 290 Å². The summed E-state index contributed by atoms with van der Waals surface area (Å²) in [5.74, 6) is -0.655. The summed E-state index contributed by atoms with van der Waals surface area (Å²) >= 11 is 0. The molecular formula is C52H106O3. The molecular weight excluding hydrogens is 673 g/mol. The Labute approximate surface area is 348 Å². The molecule has 55 heavy (non-hydrogen) atoms. The second kappa shape index (κ2) is 55.5. The summed E-state index contributed by atoms with van der Waals surface area (Å²) in [6.45, 7) is 8.86. The fourth-order valence-corrected chi connectivity index (χ4v) is 7.90. The van der Waals surface area contributed by atoms with Gasteiger partial charge in [0.1, 0.15) is 0 Å². The van der Waals surface area contributed by atoms with E-state index in [0.717, 1.165) is 26.1 Å². The molecule has 0 saturated heterocycles. The van der Waals surface area contributed by atoms with Gasteiger partial charge >= 0.3 is 5.97 Å². The molecule has 3 nitrogen and oxygen atoms in total. The number of ether oxygens (including phenoxy) is 1. The molecule has 0 aromatic rings. The van der Waals surface area contributed by atoms with Crippen LogP contribution in [0.4, 0.5) is 0 Å². The highest BCUT2D eigenvalue weighted by Gasteiger charge is 1.99. The van der Waals surface area contributed by atoms with Crippen LogP contribution in [0.2, 0.25) is 0 Å². The molecule has 0 radical (unpaired) electrons. The van der Waals surface area contributed by atoms with Crippen LogP contribution in [0.3, 0.4) is 0 Å². The Morgan fingerprint density at radius 3 is 0.618 bits per heavy atom. The van der Waals surface area contributed by atoms with Crippen molar-refractivity contribution in [3.8, 4) is 0 Å². The molecule has 0 amide bonds. The molecule has 0 bridgehead atoms. The van der Waals surface area contributed by atoms with E-state index < -0.39 is 5.97 Å². The molecule has 3 heteroatoms. The van der Waals surface area contributed by atoms with Crippen LogP contribution < -0.4 is 0 Å². The monoisotopic (exact) mass is 779 g/mol. The minimum atomic E-state index is -0.655. The van der Waals surface area contributed by atoms with Crippen LogP contribution in [0.5, 0.6) is 0 Å². The second-order valence-electron chi connectivity index (χ2n) is 17.6. The average Bonchev–Trinajstić information content (AvgIpc) is 3.18. The van der Waals surface area contributed by atoms with Crippen molar-refractivity contribution in [1.82, 2.24) is 0 Å². The van der Waals surface area contributed by atoms with Gasteiger partial charge in [0.15, 0.2) is 0 Å². The van der Waals surface area contributed by atoms with Gasteiger partial charge in [-0.15, -0.1) is 0 Å². The minimum Gasteiger partial charge on any atom is -0.481 e. The summed E-state index contributed by atoms with van der Waals surface area (Å²) in [6.07, 6.45) is 63.3. The second-order valence-corrected chi connectivity index (χ2v) is 17.6. The fourth-order valence-electron chi connectivity index (χ4n) is 7.90. The average molecular weight is 779 g/mol. The van der Waals surface area contributed by atoms with Gasteiger partial charge in [0, 0.05) is 19.6 Å². The van der Waals surface area contributed by atoms with Crippen LogP contribution in [-0.2, 0) is 9.53 Å². The first kappa shape index (κ1) is 56.5. The molecule has 0 aliphatic heterocycles. The molecule has 0 heterocycles. The van der Waals surface area contributed by atoms with Crippen molar-refractivity contribution < 1.29 is 14.6 Å². The van der Waals surface area contributed by atoms with E-state index in [-0.39, 0.29) is 0 Å². The largest absolute Gasteiger partial charge is 0.481 e. The summed E-state index contributed by atoms with van der Waals surface area (Å²) in [4.78, 5) is 10.3. The summed E-state index contributed by atoms with van der Waals surface area (Å²) in [5.41, 5.74) is 0. The van der Waals surface area contributed by atoms with E-state index in [1.54, 1.807) is 0 Å². The molecule has 332 valence electrons. The lowest BCUT2D eigenvalue weighted by molar-refractivity contribution is -0.137. The van der Waals surface area contributed by atoms with Gasteiger partial charge in [-0.3, -0.25) is 4.79 Å². The number of hydrogen-bond acceptors (Lipinski definition) is 2. The van der Waals surface area contributed by atoms with E-state index in [2.05, 4.69) is 20.8 Å². The Hall–Kier alpha value is -0.570. The summed E-state index contributed by atoms with van der Waals surface area (Å²) in [6, 6.07) is 0. The maximum Gasteiger partial charge on any atom is 0.303 e. The van der Waals surface area contributed by atoms with E-state index in [4.69, 9.17) is 9.84 Å². The molecule has 0 saturated carbocycles. The Bertz CT molecular complexity index is 615. The molecule has 1 N–H and O–H groups in total. The first-order valence-electron chi connectivity index (χ1n) is 26.0. The standard InChI is InChI=1S/C36H74O.C16H32O2/c1-3-5-7-9-11-13-15-17-19-21-23-25-27-29-31-33-35-37-36-34-32-30-28-26-24-22-20-18-16-14-12-10-8-6-4-2;1-2-3-4-5-6-7-8-9-10-11-12-13-14-15-16(17)18/h3-36H2,1-2H3;2-15H2,1H3,(H,17,18). The Kier molecular flexibility index (Phi) is 57.1. The zero-order valence-corrected chi connectivity index (χ0v) is 38.7. The van der Waals surface area contributed by atoms with Crippen molar-refractivity contribution in [3.05, 3.63) is 0 Å². The highest BCUT2D eigenvalue weighted by molar-refractivity contribution is 5.66. The molecule has 0 aliphatic carbocycles. The van der Waals surface area contributed by atoms with E-state index in [0.29, 0.717) is 6.42 Å². The number of rotatable bonds is 48. The van der Waals surface area contributed by atoms with Crippen molar-refractivity contribution in [3.63, 3.8) is 0 Å². The molecule has 0 unspecified atom stereocenters. The number of unbranched alkanes of at least 4 members (excludes halogenated alkanes) is 42. The van der Waals surface area contributed by atoms with Gasteiger partial charge in [0.2, 0.25) is 0 Å². The van der Waals surface area contributed by atoms with E-state index in [1.165, 1.54) is 276 Å². The van der Waals surface area contributed by atoms with Gasteiger partial charge in [0.25, 0.3) is 0 Å². The van der Waals surface area contributed by atoms with Gasteiger partial charge < -0.3 is 9.84 Å². The predicted octanol–water partition coefficient (Wildman–Crippen LogP) is 19.1. The lowest BCUT2D eigenvalue weighted by Gasteiger charge is -2.06. The number of carbonyl (C=O) groups is 1. The third kappa shape index (κ3) is 60.3. The zero-order chi connectivity index (χ0) is 40.2. The summed E-state index contributed by atoms with van der Waals surface area (Å²) < 4.78 is 5.87. The van der Waals surface area contributed by atoms with E-state index in [9.17, 15) is 4.79 Å². The number of carboxylic acid groups (broad SMARTS) is 1. The summed E-state index contributed by atoms with van der Waals surface area (Å²) in [7, 11) is 0. The third-order valence-corrected chi connectivity index (χ3v) is 11.8. The van der Waals surface area contributed by atoms with Gasteiger partial charge in [-0.25, -0.2) is 0 Å². The molecule has 0 fully saturated rings. The predicted molar refractivity (Wildman–Crippen MR) is 248 cm³/mol. The van der Waals surface area contributed by atoms with Crippen molar-refractivity contribution in [2.45, 2.75) is 316 Å². The van der Waals surface area contributed by atoms with Gasteiger partial charge in [0.05, 0.1) is 0 Å². The molecule has 0 aromatic carbocycles. The number of hydrogen-bond donors (Lipinski definition) is 1. The zero-order valence-electron chi connectivity index (χ0n) is 38.7. The maximum absolute atomic E-state index is 10.3. The van der Waals surface area contributed by atoms with Crippen LogP contribution in [0.25, 0.3) is 0 Å². The van der Waals surface area contributed by atoms with E-state index >= 15 is 0 Å². The smallest absolute Gasteiger partial charge is 0.303 e. The lowest BCUT2D eigenvalue weighted by atomic mass is 10.0. The number of carboxylic acids is 1. The molecule has 0 aliphatic rings. The first-order chi connectivity index (χ1) is 27.2. The van der Waals surface area contributed by atoms with Gasteiger partial charge in [-0.2, -0.15) is 0 Å². The normalized spacial score (nSPS) is 11.3. The van der Waals surface area contributed by atoms with Crippen LogP contribution in [-0.4, -0.2) is 24.3 Å². The van der Waals surface area contributed by atoms with Crippen LogP contribution in [0.15, 0.2) is 0 Å². The van der Waals surface area contributed by atoms with Gasteiger partial charge in [-0.05, 0) is 19.3 Å². The maximum atomic E-state index is 10.3. The lowest BCUT2D eigenvalue weighted by Crippen LogP contribution is -1.97. The molecule has 0 aromatic heterocycles. The molecule has 0 rings (SSSR count). The Morgan fingerprint density at radius 1 is 0.273 bits per heavy atom. The van der Waals surface area contributed by atoms with E-state index in [1.807, 2.05) is 0 Å². The molecule has 0 spiro atoms. The van der Waals surface area contributed by atoms with Crippen molar-refractivity contribution in [1.29, 1.82) is 0 Å². The fraction of sp³-hybridized carbons (Fsp3) is 0.981. The highest BCUT2D eigenvalue weighted by atomic mass is 16.5. The third-order valence-electron chi connectivity index (χ3n) is 11.8. The van der Waals surface area contributed by atoms with Crippen LogP contribution in [0.1, 0.15) is 316 Å². The molecule has 0 atom stereocenters. The SMILES string of the molecule is CCCCCCCCCCCCCCCC(=O)O.CCCCCCCCCCCCCCCCCCOCCCCCCCCCCCCCCCCCC. The summed E-state index contributed by atoms with van der Waals surface area (Å²) in [5, 5.41) is 8.49. The Balaban J connectivity index is 0. The first-order valence-corrected chi connectivity index (χ1v) is 26.0. The quantitative estimate of drug-likeness (QED) is 0.0626.